The van der Waals surface area contributed by atoms with Gasteiger partial charge in [-0.05, 0) is 35.9 Å². The van der Waals surface area contributed by atoms with Crippen molar-refractivity contribution in [3.63, 3.8) is 0 Å². The maximum atomic E-state index is 12.2. The summed E-state index contributed by atoms with van der Waals surface area (Å²) in [5, 5.41) is 6.45. The topological polar surface area (TPSA) is 54.9 Å². The number of nitrogens with zero attached hydrogens (tertiary/aromatic N) is 2. The van der Waals surface area contributed by atoms with E-state index in [1.807, 2.05) is 47.8 Å². The molecule has 0 fully saturated rings. The quantitative estimate of drug-likeness (QED) is 0.463. The van der Waals surface area contributed by atoms with E-state index < -0.39 is 0 Å². The van der Waals surface area contributed by atoms with Crippen molar-refractivity contribution in [2.75, 3.05) is 5.32 Å². The van der Waals surface area contributed by atoms with Crippen molar-refractivity contribution >= 4 is 34.5 Å². The van der Waals surface area contributed by atoms with Crippen molar-refractivity contribution in [2.45, 2.75) is 6.42 Å². The number of rotatable bonds is 5. The second kappa shape index (κ2) is 8.33. The SMILES string of the molecule is O=C(Cc1ccc(-c2csc(-c3ccncc3)n2)cc1)Nc1cccc(Cl)c1. The first-order chi connectivity index (χ1) is 13.7. The van der Waals surface area contributed by atoms with Gasteiger partial charge in [0.1, 0.15) is 5.01 Å². The number of hydrogen-bond acceptors (Lipinski definition) is 4. The molecule has 0 aliphatic carbocycles. The number of carbonyl (C=O) groups is 1. The largest absolute Gasteiger partial charge is 0.326 e. The summed E-state index contributed by atoms with van der Waals surface area (Å²) in [7, 11) is 0. The number of thiazole rings is 1. The molecule has 0 radical (unpaired) electrons. The maximum Gasteiger partial charge on any atom is 0.228 e. The highest BCUT2D eigenvalue weighted by atomic mass is 35.5. The fourth-order valence-corrected chi connectivity index (χ4v) is 3.81. The van der Waals surface area contributed by atoms with Crippen molar-refractivity contribution in [3.05, 3.63) is 89.0 Å². The highest BCUT2D eigenvalue weighted by molar-refractivity contribution is 7.13. The molecule has 1 amide bonds. The van der Waals surface area contributed by atoms with Gasteiger partial charge in [-0.25, -0.2) is 4.98 Å². The zero-order valence-corrected chi connectivity index (χ0v) is 16.4. The van der Waals surface area contributed by atoms with Crippen molar-refractivity contribution in [1.29, 1.82) is 0 Å². The Labute approximate surface area is 171 Å². The van der Waals surface area contributed by atoms with Crippen LogP contribution >= 0.6 is 22.9 Å². The highest BCUT2D eigenvalue weighted by Gasteiger charge is 2.08. The number of anilines is 1. The molecule has 2 aromatic carbocycles. The smallest absolute Gasteiger partial charge is 0.228 e. The van der Waals surface area contributed by atoms with Gasteiger partial charge in [-0.15, -0.1) is 11.3 Å². The maximum absolute atomic E-state index is 12.2. The molecule has 0 spiro atoms. The molecule has 28 heavy (non-hydrogen) atoms. The lowest BCUT2D eigenvalue weighted by atomic mass is 10.1. The van der Waals surface area contributed by atoms with E-state index in [4.69, 9.17) is 16.6 Å². The van der Waals surface area contributed by atoms with Crippen LogP contribution in [0.25, 0.3) is 21.8 Å². The minimum atomic E-state index is -0.0800. The van der Waals surface area contributed by atoms with Gasteiger partial charge in [0.2, 0.25) is 5.91 Å². The number of aromatic nitrogens is 2. The molecule has 0 saturated carbocycles. The molecule has 0 atom stereocenters. The average Bonchev–Trinajstić information content (AvgIpc) is 3.19. The van der Waals surface area contributed by atoms with Crippen molar-refractivity contribution in [1.82, 2.24) is 9.97 Å². The lowest BCUT2D eigenvalue weighted by molar-refractivity contribution is -0.115. The third kappa shape index (κ3) is 4.44. The molecule has 138 valence electrons. The van der Waals surface area contributed by atoms with Gasteiger partial charge in [0.25, 0.3) is 0 Å². The van der Waals surface area contributed by atoms with E-state index in [1.165, 1.54) is 0 Å². The number of carbonyl (C=O) groups excluding carboxylic acids is 1. The van der Waals surface area contributed by atoms with E-state index in [1.54, 1.807) is 41.9 Å². The molecule has 0 bridgehead atoms. The number of amides is 1. The molecule has 6 heteroatoms. The van der Waals surface area contributed by atoms with Gasteiger partial charge >= 0.3 is 0 Å². The van der Waals surface area contributed by atoms with E-state index in [9.17, 15) is 4.79 Å². The molecule has 0 saturated heterocycles. The monoisotopic (exact) mass is 405 g/mol. The van der Waals surface area contributed by atoms with Crippen molar-refractivity contribution < 1.29 is 4.79 Å². The van der Waals surface area contributed by atoms with Gasteiger partial charge < -0.3 is 5.32 Å². The van der Waals surface area contributed by atoms with Gasteiger partial charge in [-0.3, -0.25) is 9.78 Å². The summed E-state index contributed by atoms with van der Waals surface area (Å²) in [5.74, 6) is -0.0800. The predicted octanol–water partition coefficient (Wildman–Crippen LogP) is 5.71. The number of benzene rings is 2. The van der Waals surface area contributed by atoms with Crippen LogP contribution in [-0.4, -0.2) is 15.9 Å². The Balaban J connectivity index is 1.43. The van der Waals surface area contributed by atoms with Gasteiger partial charge in [0.15, 0.2) is 0 Å². The fraction of sp³-hybridized carbons (Fsp3) is 0.0455. The third-order valence-electron chi connectivity index (χ3n) is 4.15. The molecule has 2 heterocycles. The van der Waals surface area contributed by atoms with Crippen LogP contribution in [0.2, 0.25) is 5.02 Å². The molecule has 4 aromatic rings. The summed E-state index contributed by atoms with van der Waals surface area (Å²) < 4.78 is 0. The summed E-state index contributed by atoms with van der Waals surface area (Å²) in [6, 6.07) is 18.9. The van der Waals surface area contributed by atoms with Crippen LogP contribution in [0.3, 0.4) is 0 Å². The number of nitrogens with one attached hydrogen (secondary N) is 1. The first-order valence-electron chi connectivity index (χ1n) is 8.68. The predicted molar refractivity (Wildman–Crippen MR) is 115 cm³/mol. The number of hydrogen-bond donors (Lipinski definition) is 1. The van der Waals surface area contributed by atoms with Crippen LogP contribution in [0.1, 0.15) is 5.56 Å². The Morgan fingerprint density at radius 3 is 2.54 bits per heavy atom. The van der Waals surface area contributed by atoms with E-state index >= 15 is 0 Å². The van der Waals surface area contributed by atoms with E-state index in [0.29, 0.717) is 17.1 Å². The van der Waals surface area contributed by atoms with Crippen LogP contribution in [0.5, 0.6) is 0 Å². The Morgan fingerprint density at radius 2 is 1.79 bits per heavy atom. The Bertz CT molecular complexity index is 1090. The van der Waals surface area contributed by atoms with Gasteiger partial charge in [0, 0.05) is 39.6 Å². The fourth-order valence-electron chi connectivity index (χ4n) is 2.78. The van der Waals surface area contributed by atoms with Crippen LogP contribution in [0.15, 0.2) is 78.4 Å². The second-order valence-electron chi connectivity index (χ2n) is 6.21. The normalized spacial score (nSPS) is 10.6. The number of pyridine rings is 1. The zero-order valence-electron chi connectivity index (χ0n) is 14.8. The van der Waals surface area contributed by atoms with Gasteiger partial charge in [-0.2, -0.15) is 0 Å². The number of halogens is 1. The molecule has 0 aliphatic heterocycles. The van der Waals surface area contributed by atoms with E-state index in [-0.39, 0.29) is 5.91 Å². The average molecular weight is 406 g/mol. The second-order valence-corrected chi connectivity index (χ2v) is 7.50. The van der Waals surface area contributed by atoms with Crippen LogP contribution in [0.4, 0.5) is 5.69 Å². The minimum Gasteiger partial charge on any atom is -0.326 e. The summed E-state index contributed by atoms with van der Waals surface area (Å²) in [5.41, 5.74) is 4.64. The molecular formula is C22H16ClN3OS. The zero-order chi connectivity index (χ0) is 19.3. The Kier molecular flexibility index (Phi) is 5.46. The summed E-state index contributed by atoms with van der Waals surface area (Å²) in [6.07, 6.45) is 3.82. The van der Waals surface area contributed by atoms with Crippen LogP contribution in [0, 0.1) is 0 Å². The minimum absolute atomic E-state index is 0.0800. The lowest BCUT2D eigenvalue weighted by Gasteiger charge is -2.06. The summed E-state index contributed by atoms with van der Waals surface area (Å²) in [4.78, 5) is 21.0. The third-order valence-corrected chi connectivity index (χ3v) is 5.28. The summed E-state index contributed by atoms with van der Waals surface area (Å²) >= 11 is 7.55. The standard InChI is InChI=1S/C22H16ClN3OS/c23-18-2-1-3-19(13-18)25-21(27)12-15-4-6-16(7-5-15)20-14-28-22(26-20)17-8-10-24-11-9-17/h1-11,13-14H,12H2,(H,25,27). The Morgan fingerprint density at radius 1 is 1.00 bits per heavy atom. The summed E-state index contributed by atoms with van der Waals surface area (Å²) in [6.45, 7) is 0. The van der Waals surface area contributed by atoms with Gasteiger partial charge in [0.05, 0.1) is 12.1 Å². The highest BCUT2D eigenvalue weighted by Crippen LogP contribution is 2.28. The molecular weight excluding hydrogens is 390 g/mol. The molecule has 4 nitrogen and oxygen atoms in total. The van der Waals surface area contributed by atoms with Crippen LogP contribution < -0.4 is 5.32 Å². The molecule has 1 N–H and O–H groups in total. The molecule has 0 aliphatic rings. The molecule has 0 unspecified atom stereocenters. The molecule has 2 aromatic heterocycles. The lowest BCUT2D eigenvalue weighted by Crippen LogP contribution is -2.14. The molecule has 4 rings (SSSR count). The van der Waals surface area contributed by atoms with Gasteiger partial charge in [-0.1, -0.05) is 41.9 Å². The first-order valence-corrected chi connectivity index (χ1v) is 9.94. The Hall–Kier alpha value is -3.02. The van der Waals surface area contributed by atoms with Crippen molar-refractivity contribution in [3.8, 4) is 21.8 Å². The first kappa shape index (κ1) is 18.3. The van der Waals surface area contributed by atoms with E-state index in [0.717, 1.165) is 27.4 Å². The van der Waals surface area contributed by atoms with Crippen molar-refractivity contribution in [2.24, 2.45) is 0 Å². The van der Waals surface area contributed by atoms with Crippen LogP contribution in [-0.2, 0) is 11.2 Å². The van der Waals surface area contributed by atoms with E-state index in [2.05, 4.69) is 10.3 Å².